The summed E-state index contributed by atoms with van der Waals surface area (Å²) in [4.78, 5) is 8.01. The molecule has 0 saturated heterocycles. The molecule has 0 radical (unpaired) electrons. The minimum atomic E-state index is 1.29. The van der Waals surface area contributed by atoms with Crippen LogP contribution in [0.4, 0.5) is 0 Å². The fourth-order valence-corrected chi connectivity index (χ4v) is 6.38. The van der Waals surface area contributed by atoms with E-state index in [1.807, 2.05) is 34.0 Å². The monoisotopic (exact) mass is 414 g/mol. The lowest BCUT2D eigenvalue weighted by Gasteiger charge is -1.97. The first kappa shape index (κ1) is 17.6. The molecule has 2 aromatic carbocycles. The van der Waals surface area contributed by atoms with Gasteiger partial charge in [0, 0.05) is 29.3 Å². The van der Waals surface area contributed by atoms with Crippen LogP contribution in [0.3, 0.4) is 0 Å². The summed E-state index contributed by atoms with van der Waals surface area (Å²) in [5.74, 6) is 0. The summed E-state index contributed by atoms with van der Waals surface area (Å²) in [6.45, 7) is 2.13. The van der Waals surface area contributed by atoms with Crippen molar-refractivity contribution in [3.63, 3.8) is 0 Å². The summed E-state index contributed by atoms with van der Waals surface area (Å²) >= 11 is 5.61. The Bertz CT molecular complexity index is 1200. The third kappa shape index (κ3) is 3.49. The van der Waals surface area contributed by atoms with Gasteiger partial charge in [-0.05, 0) is 54.4 Å². The molecule has 28 heavy (non-hydrogen) atoms. The van der Waals surface area contributed by atoms with Gasteiger partial charge in [-0.25, -0.2) is 0 Å². The molecule has 3 heteroatoms. The summed E-state index contributed by atoms with van der Waals surface area (Å²) in [5, 5.41) is 0. The number of aryl methyl sites for hydroxylation is 1. The van der Waals surface area contributed by atoms with Crippen LogP contribution >= 0.6 is 34.0 Å². The first-order valence-electron chi connectivity index (χ1n) is 9.19. The number of thiophene rings is 3. The van der Waals surface area contributed by atoms with Gasteiger partial charge in [0.2, 0.25) is 0 Å². The number of hydrogen-bond acceptors (Lipinski definition) is 3. The van der Waals surface area contributed by atoms with E-state index >= 15 is 0 Å². The van der Waals surface area contributed by atoms with Crippen LogP contribution in [-0.4, -0.2) is 0 Å². The fourth-order valence-electron chi connectivity index (χ4n) is 3.17. The van der Waals surface area contributed by atoms with Crippen molar-refractivity contribution in [2.75, 3.05) is 0 Å². The Kier molecular flexibility index (Phi) is 4.73. The molecule has 0 saturated carbocycles. The Balaban J connectivity index is 1.41. The van der Waals surface area contributed by atoms with E-state index in [4.69, 9.17) is 0 Å². The maximum Gasteiger partial charge on any atom is 0.0449 e. The maximum atomic E-state index is 2.26. The summed E-state index contributed by atoms with van der Waals surface area (Å²) < 4.78 is 0. The van der Waals surface area contributed by atoms with Gasteiger partial charge in [0.25, 0.3) is 0 Å². The largest absolute Gasteiger partial charge is 0.134 e. The fraction of sp³-hybridized carbons (Fsp3) is 0.0400. The average Bonchev–Trinajstić information content (AvgIpc) is 3.48. The molecule has 0 bridgehead atoms. The van der Waals surface area contributed by atoms with Gasteiger partial charge in [-0.1, -0.05) is 60.2 Å². The number of benzene rings is 2. The van der Waals surface area contributed by atoms with Crippen molar-refractivity contribution in [3.8, 4) is 40.4 Å². The van der Waals surface area contributed by atoms with Crippen LogP contribution in [0.15, 0.2) is 91.0 Å². The van der Waals surface area contributed by atoms with Crippen molar-refractivity contribution in [1.82, 2.24) is 0 Å². The highest BCUT2D eigenvalue weighted by molar-refractivity contribution is 7.27. The second-order valence-electron chi connectivity index (χ2n) is 6.72. The molecule has 0 aliphatic heterocycles. The van der Waals surface area contributed by atoms with Crippen LogP contribution in [0.1, 0.15) is 5.56 Å². The molecule has 5 rings (SSSR count). The second-order valence-corrected chi connectivity index (χ2v) is 9.98. The van der Waals surface area contributed by atoms with E-state index in [1.165, 1.54) is 46.0 Å². The molecule has 0 unspecified atom stereocenters. The lowest BCUT2D eigenvalue weighted by Crippen LogP contribution is -1.72. The molecule has 3 heterocycles. The van der Waals surface area contributed by atoms with Gasteiger partial charge >= 0.3 is 0 Å². The number of rotatable bonds is 4. The SMILES string of the molecule is Cc1ccc(-c2ccc(-c3ccc(-c4ccc(-c5ccccc5)s4)s3)s2)cc1. The van der Waals surface area contributed by atoms with Crippen LogP contribution in [0.2, 0.25) is 0 Å². The van der Waals surface area contributed by atoms with Gasteiger partial charge in [-0.15, -0.1) is 34.0 Å². The third-order valence-electron chi connectivity index (χ3n) is 4.70. The van der Waals surface area contributed by atoms with E-state index in [-0.39, 0.29) is 0 Å². The van der Waals surface area contributed by atoms with Crippen molar-refractivity contribution in [3.05, 3.63) is 96.6 Å². The smallest absolute Gasteiger partial charge is 0.0449 e. The van der Waals surface area contributed by atoms with Gasteiger partial charge in [-0.3, -0.25) is 0 Å². The van der Waals surface area contributed by atoms with Crippen LogP contribution < -0.4 is 0 Å². The minimum Gasteiger partial charge on any atom is -0.134 e. The summed E-state index contributed by atoms with van der Waals surface area (Å²) in [6.07, 6.45) is 0. The first-order chi connectivity index (χ1) is 13.8. The molecule has 0 fully saturated rings. The Hall–Kier alpha value is -2.46. The standard InChI is InChI=1S/C25H18S3/c1-17-7-9-19(10-8-17)21-12-14-23(27-21)25-16-15-24(28-25)22-13-11-20(26-22)18-5-3-2-4-6-18/h2-16H,1H3. The highest BCUT2D eigenvalue weighted by atomic mass is 32.1. The van der Waals surface area contributed by atoms with Crippen molar-refractivity contribution in [1.29, 1.82) is 0 Å². The van der Waals surface area contributed by atoms with Gasteiger partial charge in [0.1, 0.15) is 0 Å². The van der Waals surface area contributed by atoms with Gasteiger partial charge in [0.15, 0.2) is 0 Å². The molecule has 0 aliphatic carbocycles. The third-order valence-corrected chi connectivity index (χ3v) is 8.44. The van der Waals surface area contributed by atoms with E-state index in [0.29, 0.717) is 0 Å². The molecule has 5 aromatic rings. The molecule has 0 aliphatic rings. The normalized spacial score (nSPS) is 11.0. The molecule has 136 valence electrons. The topological polar surface area (TPSA) is 0 Å². The molecule has 0 amide bonds. The molecular formula is C25H18S3. The Labute approximate surface area is 177 Å². The average molecular weight is 415 g/mol. The van der Waals surface area contributed by atoms with E-state index < -0.39 is 0 Å². The second kappa shape index (κ2) is 7.51. The molecule has 0 spiro atoms. The van der Waals surface area contributed by atoms with Crippen LogP contribution in [0.25, 0.3) is 40.4 Å². The predicted molar refractivity (Wildman–Crippen MR) is 127 cm³/mol. The van der Waals surface area contributed by atoms with E-state index in [0.717, 1.165) is 0 Å². The zero-order valence-electron chi connectivity index (χ0n) is 15.4. The van der Waals surface area contributed by atoms with Gasteiger partial charge in [-0.2, -0.15) is 0 Å². The van der Waals surface area contributed by atoms with Crippen LogP contribution in [-0.2, 0) is 0 Å². The summed E-state index contributed by atoms with van der Waals surface area (Å²) in [7, 11) is 0. The maximum absolute atomic E-state index is 2.26. The molecule has 0 nitrogen and oxygen atoms in total. The molecular weight excluding hydrogens is 396 g/mol. The van der Waals surface area contributed by atoms with Crippen molar-refractivity contribution in [2.24, 2.45) is 0 Å². The van der Waals surface area contributed by atoms with Crippen LogP contribution in [0.5, 0.6) is 0 Å². The molecule has 3 aromatic heterocycles. The van der Waals surface area contributed by atoms with Crippen molar-refractivity contribution in [2.45, 2.75) is 6.92 Å². The first-order valence-corrected chi connectivity index (χ1v) is 11.6. The van der Waals surface area contributed by atoms with Gasteiger partial charge in [0.05, 0.1) is 0 Å². The lowest BCUT2D eigenvalue weighted by molar-refractivity contribution is 1.48. The van der Waals surface area contributed by atoms with Gasteiger partial charge < -0.3 is 0 Å². The highest BCUT2D eigenvalue weighted by Crippen LogP contribution is 2.43. The zero-order chi connectivity index (χ0) is 18.9. The van der Waals surface area contributed by atoms with E-state index in [9.17, 15) is 0 Å². The van der Waals surface area contributed by atoms with Crippen LogP contribution in [0, 0.1) is 6.92 Å². The molecule has 0 N–H and O–H groups in total. The van der Waals surface area contributed by atoms with E-state index in [1.54, 1.807) is 0 Å². The summed E-state index contributed by atoms with van der Waals surface area (Å²) in [5.41, 5.74) is 3.88. The molecule has 0 atom stereocenters. The number of hydrogen-bond donors (Lipinski definition) is 0. The highest BCUT2D eigenvalue weighted by Gasteiger charge is 2.11. The Morgan fingerprint density at radius 1 is 0.393 bits per heavy atom. The quantitative estimate of drug-likeness (QED) is 0.275. The Morgan fingerprint density at radius 2 is 0.786 bits per heavy atom. The lowest BCUT2D eigenvalue weighted by atomic mass is 10.1. The summed E-state index contributed by atoms with van der Waals surface area (Å²) in [6, 6.07) is 32.9. The predicted octanol–water partition coefficient (Wildman–Crippen LogP) is 8.85. The van der Waals surface area contributed by atoms with Crippen molar-refractivity contribution < 1.29 is 0 Å². The zero-order valence-corrected chi connectivity index (χ0v) is 17.8. The van der Waals surface area contributed by atoms with Crippen molar-refractivity contribution >= 4 is 34.0 Å². The minimum absolute atomic E-state index is 1.29. The Morgan fingerprint density at radius 3 is 1.29 bits per heavy atom. The van der Waals surface area contributed by atoms with E-state index in [2.05, 4.69) is 97.9 Å².